The summed E-state index contributed by atoms with van der Waals surface area (Å²) in [6.07, 6.45) is 0. The van der Waals surface area contributed by atoms with Gasteiger partial charge in [0, 0.05) is 36.3 Å². The summed E-state index contributed by atoms with van der Waals surface area (Å²) in [5, 5.41) is 9.35. The number of hydrogen-bond acceptors (Lipinski definition) is 9. The largest absolute Gasteiger partial charge is 0.497 e. The Kier molecular flexibility index (Phi) is 10.9. The summed E-state index contributed by atoms with van der Waals surface area (Å²) >= 11 is 0. The molecule has 14 heteroatoms. The highest BCUT2D eigenvalue weighted by Gasteiger charge is 2.32. The minimum Gasteiger partial charge on any atom is -0.497 e. The number of ether oxygens (including phenoxy) is 2. The van der Waals surface area contributed by atoms with Crippen molar-refractivity contribution >= 4 is 44.3 Å². The van der Waals surface area contributed by atoms with Gasteiger partial charge in [-0.25, -0.2) is 9.18 Å². The zero-order valence-electron chi connectivity index (χ0n) is 30.2. The fourth-order valence-corrected chi connectivity index (χ4v) is 7.01. The van der Waals surface area contributed by atoms with Crippen LogP contribution in [0.3, 0.4) is 0 Å². The van der Waals surface area contributed by atoms with Crippen molar-refractivity contribution in [3.05, 3.63) is 153 Å². The molecule has 0 spiro atoms. The van der Waals surface area contributed by atoms with Crippen LogP contribution in [-0.2, 0) is 23.2 Å². The van der Waals surface area contributed by atoms with Crippen LogP contribution in [0.5, 0.6) is 17.2 Å². The molecular weight excluding hydrogens is 730 g/mol. The molecule has 0 radical (unpaired) electrons. The van der Waals surface area contributed by atoms with Crippen molar-refractivity contribution in [2.75, 3.05) is 31.1 Å². The summed E-state index contributed by atoms with van der Waals surface area (Å²) in [6, 6.07) is 27.3. The first-order chi connectivity index (χ1) is 26.3. The van der Waals surface area contributed by atoms with Gasteiger partial charge in [-0.05, 0) is 73.2 Å². The van der Waals surface area contributed by atoms with Crippen LogP contribution in [0.1, 0.15) is 37.4 Å². The fraction of sp³-hybridized carbons (Fsp3) is 0.146. The average Bonchev–Trinajstić information content (AvgIpc) is 3.17. The third-order valence-electron chi connectivity index (χ3n) is 8.90. The molecule has 0 unspecified atom stereocenters. The molecule has 0 aliphatic heterocycles. The van der Waals surface area contributed by atoms with E-state index >= 15 is 4.39 Å². The van der Waals surface area contributed by atoms with E-state index in [2.05, 4.69) is 4.98 Å². The second-order valence-electron chi connectivity index (χ2n) is 12.6. The van der Waals surface area contributed by atoms with E-state index in [4.69, 9.17) is 13.7 Å². The molecule has 0 saturated carbocycles. The molecule has 55 heavy (non-hydrogen) atoms. The molecular formula is C41H36FN3O9S. The van der Waals surface area contributed by atoms with Crippen molar-refractivity contribution in [3.8, 4) is 17.2 Å². The minimum absolute atomic E-state index is 0.0182. The SMILES string of the molecule is COc1ccc(CN(C(=O)c2c(OS(=O)(=O)c3ccc(C)cc3)c3cc(F)cc(N(C)Cc4ccccc4)c3[nH]c2=O)c2ccc(C(=O)O)cc2)c(OC)c1. The van der Waals surface area contributed by atoms with Crippen molar-refractivity contribution in [2.45, 2.75) is 24.9 Å². The number of aromatic amines is 1. The van der Waals surface area contributed by atoms with Gasteiger partial charge in [0.2, 0.25) is 0 Å². The van der Waals surface area contributed by atoms with E-state index in [1.54, 1.807) is 49.2 Å². The number of nitrogens with one attached hydrogen (secondary N) is 1. The number of fused-ring (bicyclic) bond motifs is 1. The molecule has 0 saturated heterocycles. The van der Waals surface area contributed by atoms with Gasteiger partial charge >= 0.3 is 16.1 Å². The van der Waals surface area contributed by atoms with E-state index in [9.17, 15) is 27.9 Å². The summed E-state index contributed by atoms with van der Waals surface area (Å²) in [7, 11) is -0.165. The highest BCUT2D eigenvalue weighted by molar-refractivity contribution is 7.87. The number of rotatable bonds is 13. The van der Waals surface area contributed by atoms with E-state index in [1.165, 1.54) is 56.7 Å². The second-order valence-corrected chi connectivity index (χ2v) is 14.2. The molecule has 0 fully saturated rings. The van der Waals surface area contributed by atoms with Gasteiger partial charge in [0.05, 0.1) is 37.5 Å². The van der Waals surface area contributed by atoms with E-state index in [-0.39, 0.29) is 45.8 Å². The molecule has 0 bridgehead atoms. The third kappa shape index (κ3) is 8.14. The zero-order chi connectivity index (χ0) is 39.4. The number of nitrogens with zero attached hydrogens (tertiary/aromatic N) is 2. The molecule has 0 atom stereocenters. The lowest BCUT2D eigenvalue weighted by molar-refractivity contribution is 0.0696. The van der Waals surface area contributed by atoms with E-state index in [0.29, 0.717) is 17.1 Å². The third-order valence-corrected chi connectivity index (χ3v) is 10.1. The Bertz CT molecular complexity index is 2560. The molecule has 1 aromatic heterocycles. The normalized spacial score (nSPS) is 11.2. The molecule has 1 heterocycles. The van der Waals surface area contributed by atoms with Crippen LogP contribution in [0, 0.1) is 12.7 Å². The standard InChI is InChI=1S/C41H36FN3O9S/c1-25-10-18-32(19-11-25)55(50,51)54-38-33-20-29(42)21-34(44(2)23-26-8-6-5-7-9-26)37(33)43-39(46)36(38)40(47)45(30-15-12-27(13-16-30)41(48)49)24-28-14-17-31(52-3)22-35(28)53-4/h5-22H,23-24H2,1-4H3,(H,43,46)(H,48,49). The molecule has 12 nitrogen and oxygen atoms in total. The van der Waals surface area contributed by atoms with Gasteiger partial charge in [0.25, 0.3) is 11.5 Å². The molecule has 1 amide bonds. The first-order valence-electron chi connectivity index (χ1n) is 16.8. The summed E-state index contributed by atoms with van der Waals surface area (Å²) < 4.78 is 60.1. The monoisotopic (exact) mass is 765 g/mol. The van der Waals surface area contributed by atoms with Gasteiger partial charge in [-0.15, -0.1) is 0 Å². The molecule has 6 aromatic rings. The smallest absolute Gasteiger partial charge is 0.339 e. The molecule has 0 aliphatic rings. The topological polar surface area (TPSA) is 156 Å². The van der Waals surface area contributed by atoms with Gasteiger partial charge in [-0.3, -0.25) is 9.59 Å². The highest BCUT2D eigenvalue weighted by atomic mass is 32.2. The van der Waals surface area contributed by atoms with Gasteiger partial charge in [-0.2, -0.15) is 8.42 Å². The van der Waals surface area contributed by atoms with Crippen molar-refractivity contribution in [1.82, 2.24) is 4.98 Å². The Morgan fingerprint density at radius 2 is 1.55 bits per heavy atom. The number of hydrogen-bond donors (Lipinski definition) is 2. The summed E-state index contributed by atoms with van der Waals surface area (Å²) in [6.45, 7) is 1.79. The van der Waals surface area contributed by atoms with Crippen molar-refractivity contribution < 1.29 is 41.2 Å². The number of aromatic carboxylic acids is 1. The number of aromatic nitrogens is 1. The van der Waals surface area contributed by atoms with E-state index < -0.39 is 44.7 Å². The Balaban J connectivity index is 1.59. The number of aryl methyl sites for hydroxylation is 1. The summed E-state index contributed by atoms with van der Waals surface area (Å²) in [5.74, 6) is -2.97. The van der Waals surface area contributed by atoms with Crippen LogP contribution in [0.4, 0.5) is 15.8 Å². The van der Waals surface area contributed by atoms with Crippen LogP contribution in [0.25, 0.3) is 10.9 Å². The molecule has 2 N–H and O–H groups in total. The van der Waals surface area contributed by atoms with E-state index in [1.807, 2.05) is 30.3 Å². The summed E-state index contributed by atoms with van der Waals surface area (Å²) in [4.78, 5) is 46.2. The lowest BCUT2D eigenvalue weighted by Crippen LogP contribution is -2.35. The zero-order valence-corrected chi connectivity index (χ0v) is 31.0. The molecule has 0 aliphatic carbocycles. The first kappa shape index (κ1) is 38.1. The van der Waals surface area contributed by atoms with E-state index in [0.717, 1.165) is 22.1 Å². The Morgan fingerprint density at radius 3 is 2.18 bits per heavy atom. The van der Waals surface area contributed by atoms with Crippen molar-refractivity contribution in [2.24, 2.45) is 0 Å². The lowest BCUT2D eigenvalue weighted by Gasteiger charge is -2.26. The molecule has 6 rings (SSSR count). The average molecular weight is 766 g/mol. The van der Waals surface area contributed by atoms with Gasteiger partial charge in [0.15, 0.2) is 5.75 Å². The quantitative estimate of drug-likeness (QED) is 0.118. The Hall–Kier alpha value is -6.67. The number of benzene rings is 5. The number of methoxy groups -OCH3 is 2. The van der Waals surface area contributed by atoms with Crippen LogP contribution in [0.15, 0.2) is 119 Å². The van der Waals surface area contributed by atoms with Crippen LogP contribution in [0.2, 0.25) is 0 Å². The second kappa shape index (κ2) is 15.7. The number of carbonyl (C=O) groups is 2. The fourth-order valence-electron chi connectivity index (χ4n) is 6.06. The number of anilines is 2. The number of carbonyl (C=O) groups excluding carboxylic acids is 1. The van der Waals surface area contributed by atoms with Crippen molar-refractivity contribution in [1.29, 1.82) is 0 Å². The predicted molar refractivity (Wildman–Crippen MR) is 206 cm³/mol. The highest BCUT2D eigenvalue weighted by Crippen LogP contribution is 2.37. The maximum atomic E-state index is 15.7. The summed E-state index contributed by atoms with van der Waals surface area (Å²) in [5.41, 5.74) is 0.584. The number of amides is 1. The van der Waals surface area contributed by atoms with Crippen LogP contribution >= 0.6 is 0 Å². The minimum atomic E-state index is -4.73. The number of H-pyrrole nitrogens is 1. The molecule has 282 valence electrons. The lowest BCUT2D eigenvalue weighted by atomic mass is 10.1. The van der Waals surface area contributed by atoms with Crippen LogP contribution in [-0.4, -0.2) is 51.7 Å². The number of pyridine rings is 1. The number of carboxylic acid groups (broad SMARTS) is 1. The number of carboxylic acids is 1. The predicted octanol–water partition coefficient (Wildman–Crippen LogP) is 6.94. The number of halogens is 1. The maximum Gasteiger partial charge on any atom is 0.339 e. The maximum absolute atomic E-state index is 15.7. The van der Waals surface area contributed by atoms with Crippen LogP contribution < -0.4 is 29.0 Å². The van der Waals surface area contributed by atoms with Gasteiger partial charge in [-0.1, -0.05) is 48.0 Å². The van der Waals surface area contributed by atoms with Crippen molar-refractivity contribution in [3.63, 3.8) is 0 Å². The Labute approximate surface area is 316 Å². The molecule has 5 aromatic carbocycles. The Morgan fingerprint density at radius 1 is 0.855 bits per heavy atom. The first-order valence-corrected chi connectivity index (χ1v) is 18.2. The van der Waals surface area contributed by atoms with Gasteiger partial charge in [0.1, 0.15) is 27.8 Å². The van der Waals surface area contributed by atoms with Gasteiger partial charge < -0.3 is 33.5 Å².